The lowest BCUT2D eigenvalue weighted by molar-refractivity contribution is 0.0527. The van der Waals surface area contributed by atoms with Crippen LogP contribution < -0.4 is 10.6 Å². The van der Waals surface area contributed by atoms with E-state index in [-0.39, 0.29) is 23.7 Å². The van der Waals surface area contributed by atoms with Gasteiger partial charge in [0.25, 0.3) is 0 Å². The number of rotatable bonds is 4. The molecule has 2 N–H and O–H groups in total. The zero-order chi connectivity index (χ0) is 14.7. The SMILES string of the molecule is CCOC(=O)c1cc(N2CCCC2CC)c(F)cc1N. The first-order chi connectivity index (χ1) is 9.58. The number of benzene rings is 1. The van der Waals surface area contributed by atoms with E-state index in [0.717, 1.165) is 25.8 Å². The lowest BCUT2D eigenvalue weighted by Gasteiger charge is -2.27. The van der Waals surface area contributed by atoms with Gasteiger partial charge in [0.2, 0.25) is 0 Å². The summed E-state index contributed by atoms with van der Waals surface area (Å²) < 4.78 is 19.1. The summed E-state index contributed by atoms with van der Waals surface area (Å²) >= 11 is 0. The van der Waals surface area contributed by atoms with E-state index >= 15 is 0 Å². The monoisotopic (exact) mass is 280 g/mol. The van der Waals surface area contributed by atoms with Crippen molar-refractivity contribution in [3.63, 3.8) is 0 Å². The predicted octanol–water partition coefficient (Wildman–Crippen LogP) is 2.96. The molecule has 1 aromatic carbocycles. The molecule has 110 valence electrons. The third-order valence-corrected chi connectivity index (χ3v) is 3.77. The number of nitrogens with zero attached hydrogens (tertiary/aromatic N) is 1. The topological polar surface area (TPSA) is 55.6 Å². The Labute approximate surface area is 118 Å². The normalized spacial score (nSPS) is 18.4. The highest BCUT2D eigenvalue weighted by Gasteiger charge is 2.27. The second-order valence-corrected chi connectivity index (χ2v) is 5.01. The molecule has 5 heteroatoms. The van der Waals surface area contributed by atoms with Gasteiger partial charge in [0.15, 0.2) is 0 Å². The van der Waals surface area contributed by atoms with Crippen LogP contribution in [-0.2, 0) is 4.74 Å². The lowest BCUT2D eigenvalue weighted by atomic mass is 10.1. The molecule has 0 radical (unpaired) electrons. The van der Waals surface area contributed by atoms with Crippen LogP contribution in [-0.4, -0.2) is 25.2 Å². The Bertz CT molecular complexity index is 505. The van der Waals surface area contributed by atoms with Gasteiger partial charge in [-0.15, -0.1) is 0 Å². The molecule has 1 saturated heterocycles. The highest BCUT2D eigenvalue weighted by molar-refractivity contribution is 5.96. The van der Waals surface area contributed by atoms with E-state index in [0.29, 0.717) is 11.7 Å². The Kier molecular flexibility index (Phi) is 4.47. The molecule has 1 aliphatic heterocycles. The summed E-state index contributed by atoms with van der Waals surface area (Å²) in [6.07, 6.45) is 3.05. The van der Waals surface area contributed by atoms with E-state index < -0.39 is 5.97 Å². The van der Waals surface area contributed by atoms with Gasteiger partial charge in [-0.25, -0.2) is 9.18 Å². The molecule has 1 aromatic rings. The van der Waals surface area contributed by atoms with Gasteiger partial charge in [-0.05, 0) is 38.3 Å². The van der Waals surface area contributed by atoms with E-state index in [1.54, 1.807) is 6.92 Å². The van der Waals surface area contributed by atoms with Crippen molar-refractivity contribution in [3.05, 3.63) is 23.5 Å². The first-order valence-electron chi connectivity index (χ1n) is 7.11. The van der Waals surface area contributed by atoms with E-state index in [9.17, 15) is 9.18 Å². The van der Waals surface area contributed by atoms with Gasteiger partial charge in [-0.3, -0.25) is 0 Å². The maximum absolute atomic E-state index is 14.2. The van der Waals surface area contributed by atoms with Gasteiger partial charge in [0.05, 0.1) is 17.9 Å². The maximum atomic E-state index is 14.2. The van der Waals surface area contributed by atoms with Crippen LogP contribution >= 0.6 is 0 Å². The number of nitrogens with two attached hydrogens (primary N) is 1. The molecule has 1 fully saturated rings. The minimum absolute atomic E-state index is 0.122. The second-order valence-electron chi connectivity index (χ2n) is 5.01. The van der Waals surface area contributed by atoms with Crippen LogP contribution in [0.4, 0.5) is 15.8 Å². The maximum Gasteiger partial charge on any atom is 0.340 e. The molecule has 0 saturated carbocycles. The zero-order valence-corrected chi connectivity index (χ0v) is 12.0. The zero-order valence-electron chi connectivity index (χ0n) is 12.0. The van der Waals surface area contributed by atoms with Crippen molar-refractivity contribution >= 4 is 17.3 Å². The summed E-state index contributed by atoms with van der Waals surface area (Å²) in [5.74, 6) is -0.880. The summed E-state index contributed by atoms with van der Waals surface area (Å²) in [5, 5.41) is 0. The van der Waals surface area contributed by atoms with Crippen LogP contribution in [0.5, 0.6) is 0 Å². The van der Waals surface area contributed by atoms with Crippen molar-refractivity contribution in [2.75, 3.05) is 23.8 Å². The van der Waals surface area contributed by atoms with Crippen LogP contribution in [0.3, 0.4) is 0 Å². The highest BCUT2D eigenvalue weighted by atomic mass is 19.1. The van der Waals surface area contributed by atoms with Gasteiger partial charge in [-0.2, -0.15) is 0 Å². The number of nitrogen functional groups attached to an aromatic ring is 1. The van der Waals surface area contributed by atoms with Gasteiger partial charge in [0.1, 0.15) is 5.82 Å². The highest BCUT2D eigenvalue weighted by Crippen LogP contribution is 2.32. The Balaban J connectivity index is 2.38. The third-order valence-electron chi connectivity index (χ3n) is 3.77. The Morgan fingerprint density at radius 2 is 2.25 bits per heavy atom. The Hall–Kier alpha value is -1.78. The Morgan fingerprint density at radius 1 is 1.50 bits per heavy atom. The molecule has 2 rings (SSSR count). The standard InChI is InChI=1S/C15H21FN2O2/c1-3-10-6-5-7-18(10)14-8-11(15(19)20-4-2)13(17)9-12(14)16/h8-10H,3-7,17H2,1-2H3. The number of hydrogen-bond acceptors (Lipinski definition) is 4. The van der Waals surface area contributed by atoms with Crippen molar-refractivity contribution in [3.8, 4) is 0 Å². The molecule has 0 aromatic heterocycles. The summed E-state index contributed by atoms with van der Waals surface area (Å²) in [6, 6.07) is 3.06. The van der Waals surface area contributed by atoms with Crippen molar-refractivity contribution in [1.29, 1.82) is 0 Å². The fourth-order valence-corrected chi connectivity index (χ4v) is 2.76. The molecule has 0 amide bonds. The van der Waals surface area contributed by atoms with Crippen molar-refractivity contribution in [2.24, 2.45) is 0 Å². The molecule has 0 aliphatic carbocycles. The average Bonchev–Trinajstić information content (AvgIpc) is 2.87. The molecular formula is C15H21FN2O2. The van der Waals surface area contributed by atoms with Gasteiger partial charge in [-0.1, -0.05) is 6.92 Å². The fraction of sp³-hybridized carbons (Fsp3) is 0.533. The minimum Gasteiger partial charge on any atom is -0.462 e. The molecule has 1 aliphatic rings. The number of anilines is 2. The Morgan fingerprint density at radius 3 is 2.90 bits per heavy atom. The molecule has 0 spiro atoms. The predicted molar refractivity (Wildman–Crippen MR) is 77.4 cm³/mol. The average molecular weight is 280 g/mol. The number of hydrogen-bond donors (Lipinski definition) is 1. The van der Waals surface area contributed by atoms with E-state index in [1.165, 1.54) is 12.1 Å². The first-order valence-corrected chi connectivity index (χ1v) is 7.11. The summed E-state index contributed by atoms with van der Waals surface area (Å²) in [6.45, 7) is 4.89. The molecule has 0 bridgehead atoms. The van der Waals surface area contributed by atoms with E-state index in [4.69, 9.17) is 10.5 Å². The van der Waals surface area contributed by atoms with Crippen molar-refractivity contribution in [2.45, 2.75) is 39.2 Å². The van der Waals surface area contributed by atoms with Gasteiger partial charge < -0.3 is 15.4 Å². The molecule has 1 atom stereocenters. The third kappa shape index (κ3) is 2.71. The van der Waals surface area contributed by atoms with Gasteiger partial charge in [0, 0.05) is 18.3 Å². The lowest BCUT2D eigenvalue weighted by Crippen LogP contribution is -2.29. The quantitative estimate of drug-likeness (QED) is 0.680. The smallest absolute Gasteiger partial charge is 0.340 e. The number of ether oxygens (including phenoxy) is 1. The summed E-state index contributed by atoms with van der Waals surface area (Å²) in [5.41, 5.74) is 6.54. The van der Waals surface area contributed by atoms with Crippen LogP contribution in [0.1, 0.15) is 43.5 Å². The van der Waals surface area contributed by atoms with Crippen LogP contribution in [0, 0.1) is 5.82 Å². The van der Waals surface area contributed by atoms with E-state index in [1.807, 2.05) is 4.90 Å². The fourth-order valence-electron chi connectivity index (χ4n) is 2.76. The minimum atomic E-state index is -0.501. The first kappa shape index (κ1) is 14.6. The number of carbonyl (C=O) groups excluding carboxylic acids is 1. The molecule has 4 nitrogen and oxygen atoms in total. The largest absolute Gasteiger partial charge is 0.462 e. The summed E-state index contributed by atoms with van der Waals surface area (Å²) in [4.78, 5) is 13.9. The number of halogens is 1. The van der Waals surface area contributed by atoms with Crippen molar-refractivity contribution in [1.82, 2.24) is 0 Å². The molecular weight excluding hydrogens is 259 g/mol. The molecule has 1 unspecified atom stereocenters. The molecule has 20 heavy (non-hydrogen) atoms. The number of carbonyl (C=O) groups is 1. The summed E-state index contributed by atoms with van der Waals surface area (Å²) in [7, 11) is 0. The van der Waals surface area contributed by atoms with Crippen LogP contribution in [0.25, 0.3) is 0 Å². The van der Waals surface area contributed by atoms with Crippen LogP contribution in [0.15, 0.2) is 12.1 Å². The van der Waals surface area contributed by atoms with E-state index in [2.05, 4.69) is 6.92 Å². The van der Waals surface area contributed by atoms with Crippen molar-refractivity contribution < 1.29 is 13.9 Å². The van der Waals surface area contributed by atoms with Gasteiger partial charge >= 0.3 is 5.97 Å². The second kappa shape index (κ2) is 6.11. The molecule has 1 heterocycles. The number of esters is 1. The van der Waals surface area contributed by atoms with Crippen LogP contribution in [0.2, 0.25) is 0 Å².